The molecule has 0 spiro atoms. The van der Waals surface area contributed by atoms with E-state index in [2.05, 4.69) is 10.6 Å². The first kappa shape index (κ1) is 20.0. The zero-order valence-electron chi connectivity index (χ0n) is 14.2. The van der Waals surface area contributed by atoms with Crippen molar-refractivity contribution in [2.45, 2.75) is 33.2 Å². The van der Waals surface area contributed by atoms with Crippen LogP contribution in [0.4, 0.5) is 18.9 Å². The van der Waals surface area contributed by atoms with Crippen LogP contribution in [0, 0.1) is 17.5 Å². The van der Waals surface area contributed by atoms with Gasteiger partial charge in [-0.25, -0.2) is 13.2 Å². The van der Waals surface area contributed by atoms with Crippen molar-refractivity contribution in [2.24, 2.45) is 0 Å². The van der Waals surface area contributed by atoms with Gasteiger partial charge < -0.3 is 15.5 Å². The molecule has 0 aliphatic carbocycles. The highest BCUT2D eigenvalue weighted by Crippen LogP contribution is 2.19. The van der Waals surface area contributed by atoms with Gasteiger partial charge in [0.1, 0.15) is 0 Å². The molecule has 0 saturated heterocycles. The van der Waals surface area contributed by atoms with E-state index in [0.29, 0.717) is 11.4 Å². The summed E-state index contributed by atoms with van der Waals surface area (Å²) in [5, 5.41) is 4.98. The molecule has 1 aromatic carbocycles. The number of carbonyl (C=O) groups is 2. The lowest BCUT2D eigenvalue weighted by Gasteiger charge is -2.23. The van der Waals surface area contributed by atoms with Crippen molar-refractivity contribution in [1.29, 1.82) is 0 Å². The summed E-state index contributed by atoms with van der Waals surface area (Å²) in [6.07, 6.45) is 0. The Labute approximate surface area is 139 Å². The Morgan fingerprint density at radius 1 is 1.04 bits per heavy atom. The van der Waals surface area contributed by atoms with Gasteiger partial charge >= 0.3 is 0 Å². The van der Waals surface area contributed by atoms with Crippen molar-refractivity contribution >= 4 is 17.5 Å². The summed E-state index contributed by atoms with van der Waals surface area (Å²) in [7, 11) is 0. The second-order valence-corrected chi connectivity index (χ2v) is 6.53. The summed E-state index contributed by atoms with van der Waals surface area (Å²) in [5.41, 5.74) is -0.819. The van der Waals surface area contributed by atoms with Gasteiger partial charge in [-0.05, 0) is 39.8 Å². The number of likely N-dealkylation sites (N-methyl/N-ethyl adjacent to an activating group) is 1. The summed E-state index contributed by atoms with van der Waals surface area (Å²) < 4.78 is 39.5. The Bertz CT molecular complexity index is 615. The molecule has 1 unspecified atom stereocenters. The lowest BCUT2D eigenvalue weighted by atomic mass is 10.1. The molecule has 0 aliphatic rings. The van der Waals surface area contributed by atoms with Crippen LogP contribution in [-0.2, 0) is 9.59 Å². The topological polar surface area (TPSA) is 62.6 Å². The molecule has 24 heavy (non-hydrogen) atoms. The fourth-order valence-corrected chi connectivity index (χ4v) is 2.05. The monoisotopic (exact) mass is 346 g/mol. The van der Waals surface area contributed by atoms with Crippen LogP contribution in [0.3, 0.4) is 0 Å². The third-order valence-electron chi connectivity index (χ3n) is 3.14. The normalized spacial score (nSPS) is 12.6. The minimum atomic E-state index is -1.64. The minimum Gasteiger partial charge on any atom is -0.347 e. The van der Waals surface area contributed by atoms with Crippen LogP contribution >= 0.6 is 0 Å². The fourth-order valence-electron chi connectivity index (χ4n) is 2.05. The van der Waals surface area contributed by atoms with Gasteiger partial charge in [0.25, 0.3) is 11.8 Å². The van der Waals surface area contributed by atoms with Crippen molar-refractivity contribution in [1.82, 2.24) is 5.32 Å². The molecule has 5 nitrogen and oxygen atoms in total. The second kappa shape index (κ2) is 8.14. The molecule has 2 amide bonds. The van der Waals surface area contributed by atoms with E-state index in [9.17, 15) is 22.8 Å². The third kappa shape index (κ3) is 6.19. The molecular formula is C16H23F3N3O2+. The molecule has 0 bridgehead atoms. The molecule has 3 N–H and O–H groups in total. The van der Waals surface area contributed by atoms with E-state index < -0.39 is 29.0 Å². The number of halogens is 3. The van der Waals surface area contributed by atoms with Crippen LogP contribution in [-0.4, -0.2) is 37.0 Å². The quantitative estimate of drug-likeness (QED) is 0.669. The predicted molar refractivity (Wildman–Crippen MR) is 84.1 cm³/mol. The minimum absolute atomic E-state index is 0.0709. The highest BCUT2D eigenvalue weighted by atomic mass is 19.2. The standard InChI is InChI=1S/C16H22F3N3O2/c1-5-22(9-13(24)21-16(2,3)4)8-12(23)20-11-7-6-10(17)14(18)15(11)19/h6-7H,5,8-9H2,1-4H3,(H,20,23)(H,21,24)/p+1. The first-order chi connectivity index (χ1) is 11.0. The van der Waals surface area contributed by atoms with Crippen molar-refractivity contribution in [3.05, 3.63) is 29.6 Å². The lowest BCUT2D eigenvalue weighted by Crippen LogP contribution is -3.14. The summed E-state index contributed by atoms with van der Waals surface area (Å²) in [6.45, 7) is 7.78. The van der Waals surface area contributed by atoms with Crippen molar-refractivity contribution in [2.75, 3.05) is 25.0 Å². The molecule has 134 valence electrons. The Hall–Kier alpha value is -2.09. The Morgan fingerprint density at radius 2 is 1.62 bits per heavy atom. The lowest BCUT2D eigenvalue weighted by molar-refractivity contribution is -0.881. The van der Waals surface area contributed by atoms with Gasteiger partial charge in [0, 0.05) is 5.54 Å². The van der Waals surface area contributed by atoms with Crippen LogP contribution in [0.25, 0.3) is 0 Å². The van der Waals surface area contributed by atoms with Gasteiger partial charge in [-0.15, -0.1) is 0 Å². The van der Waals surface area contributed by atoms with E-state index in [0.717, 1.165) is 12.1 Å². The number of hydrogen-bond acceptors (Lipinski definition) is 2. The zero-order chi connectivity index (χ0) is 18.5. The average Bonchev–Trinajstić information content (AvgIpc) is 2.45. The molecule has 8 heteroatoms. The van der Waals surface area contributed by atoms with Crippen LogP contribution < -0.4 is 15.5 Å². The number of amides is 2. The van der Waals surface area contributed by atoms with Crippen LogP contribution in [0.1, 0.15) is 27.7 Å². The maximum absolute atomic E-state index is 13.5. The molecule has 0 heterocycles. The Morgan fingerprint density at radius 3 is 2.17 bits per heavy atom. The van der Waals surface area contributed by atoms with Crippen molar-refractivity contribution in [3.8, 4) is 0 Å². The third-order valence-corrected chi connectivity index (χ3v) is 3.14. The van der Waals surface area contributed by atoms with Gasteiger partial charge in [-0.3, -0.25) is 9.59 Å². The number of hydrogen-bond donors (Lipinski definition) is 3. The number of nitrogens with one attached hydrogen (secondary N) is 3. The van der Waals surface area contributed by atoms with E-state index in [1.165, 1.54) is 0 Å². The fraction of sp³-hybridized carbons (Fsp3) is 0.500. The first-order valence-electron chi connectivity index (χ1n) is 7.61. The van der Waals surface area contributed by atoms with Crippen molar-refractivity contribution < 1.29 is 27.7 Å². The summed E-state index contributed by atoms with van der Waals surface area (Å²) >= 11 is 0. The predicted octanol–water partition coefficient (Wildman–Crippen LogP) is 0.862. The van der Waals surface area contributed by atoms with Gasteiger partial charge in [0.05, 0.1) is 12.2 Å². The molecule has 1 atom stereocenters. The first-order valence-corrected chi connectivity index (χ1v) is 7.61. The molecule has 0 aliphatic heterocycles. The van der Waals surface area contributed by atoms with E-state index in [1.54, 1.807) is 6.92 Å². The summed E-state index contributed by atoms with van der Waals surface area (Å²) in [4.78, 5) is 24.5. The largest absolute Gasteiger partial charge is 0.347 e. The van der Waals surface area contributed by atoms with Gasteiger partial charge in [-0.2, -0.15) is 0 Å². The molecule has 0 saturated carbocycles. The SMILES string of the molecule is CC[NH+](CC(=O)Nc1ccc(F)c(F)c1F)CC(=O)NC(C)(C)C. The van der Waals surface area contributed by atoms with E-state index in [4.69, 9.17) is 0 Å². The maximum atomic E-state index is 13.5. The molecular weight excluding hydrogens is 323 g/mol. The molecule has 0 aromatic heterocycles. The van der Waals surface area contributed by atoms with E-state index in [-0.39, 0.29) is 24.5 Å². The second-order valence-electron chi connectivity index (χ2n) is 6.53. The van der Waals surface area contributed by atoms with Crippen LogP contribution in [0.15, 0.2) is 12.1 Å². The van der Waals surface area contributed by atoms with E-state index >= 15 is 0 Å². The number of anilines is 1. The maximum Gasteiger partial charge on any atom is 0.279 e. The average molecular weight is 346 g/mol. The zero-order valence-corrected chi connectivity index (χ0v) is 14.2. The Balaban J connectivity index is 2.65. The Kier molecular flexibility index (Phi) is 6.77. The smallest absolute Gasteiger partial charge is 0.279 e. The highest BCUT2D eigenvalue weighted by Gasteiger charge is 2.21. The van der Waals surface area contributed by atoms with Gasteiger partial charge in [0.2, 0.25) is 0 Å². The number of carbonyl (C=O) groups excluding carboxylic acids is 2. The summed E-state index contributed by atoms with van der Waals surface area (Å²) in [6, 6.07) is 1.68. The van der Waals surface area contributed by atoms with Crippen LogP contribution in [0.2, 0.25) is 0 Å². The van der Waals surface area contributed by atoms with Gasteiger partial charge in [-0.1, -0.05) is 0 Å². The summed E-state index contributed by atoms with van der Waals surface area (Å²) in [5.74, 6) is -5.24. The molecule has 0 fully saturated rings. The molecule has 1 rings (SSSR count). The molecule has 0 radical (unpaired) electrons. The number of quaternary nitrogens is 1. The number of rotatable bonds is 6. The number of benzene rings is 1. The van der Waals surface area contributed by atoms with Crippen molar-refractivity contribution in [3.63, 3.8) is 0 Å². The highest BCUT2D eigenvalue weighted by molar-refractivity contribution is 5.91. The van der Waals surface area contributed by atoms with E-state index in [1.807, 2.05) is 20.8 Å². The van der Waals surface area contributed by atoms with Gasteiger partial charge in [0.15, 0.2) is 30.5 Å². The van der Waals surface area contributed by atoms with Crippen LogP contribution in [0.5, 0.6) is 0 Å². The molecule has 1 aromatic rings.